The highest BCUT2D eigenvalue weighted by atomic mass is 14.8. The summed E-state index contributed by atoms with van der Waals surface area (Å²) < 4.78 is 0. The summed E-state index contributed by atoms with van der Waals surface area (Å²) in [4.78, 5) is 8.17. The fourth-order valence-electron chi connectivity index (χ4n) is 0.713. The molecule has 2 heteroatoms. The second kappa shape index (κ2) is 7.68. The van der Waals surface area contributed by atoms with Crippen LogP contribution in [-0.2, 0) is 0 Å². The van der Waals surface area contributed by atoms with Crippen molar-refractivity contribution in [2.75, 3.05) is 0 Å². The molecule has 0 aliphatic heterocycles. The number of hydrogen-bond acceptors (Lipinski definition) is 2. The van der Waals surface area contributed by atoms with Gasteiger partial charge in [0, 0.05) is 12.4 Å². The normalized spacial score (nSPS) is 12.6. The molecule has 0 radical (unpaired) electrons. The standard InChI is InChI=1S/C12H14N2/c1-5-9-13-11(7-3)12(8-4)14-10-6-2/h5-10H,1-4H2/b12-11+,13-9?,14-10?. The van der Waals surface area contributed by atoms with Gasteiger partial charge in [0.2, 0.25) is 0 Å². The Bertz CT molecular complexity index is 285. The van der Waals surface area contributed by atoms with Crippen LogP contribution in [0.5, 0.6) is 0 Å². The monoisotopic (exact) mass is 186 g/mol. The maximum atomic E-state index is 4.08. The van der Waals surface area contributed by atoms with E-state index in [4.69, 9.17) is 0 Å². The molecule has 0 saturated carbocycles. The third kappa shape index (κ3) is 4.16. The van der Waals surface area contributed by atoms with Crippen LogP contribution in [0.3, 0.4) is 0 Å². The first kappa shape index (κ1) is 12.0. The molecule has 0 aromatic carbocycles. The number of hydrogen-bond donors (Lipinski definition) is 0. The van der Waals surface area contributed by atoms with E-state index in [2.05, 4.69) is 36.3 Å². The third-order valence-electron chi connectivity index (χ3n) is 1.29. The van der Waals surface area contributed by atoms with Gasteiger partial charge >= 0.3 is 0 Å². The van der Waals surface area contributed by atoms with Crippen LogP contribution in [-0.4, -0.2) is 12.4 Å². The van der Waals surface area contributed by atoms with E-state index in [1.54, 1.807) is 36.7 Å². The minimum atomic E-state index is 0.651. The van der Waals surface area contributed by atoms with Gasteiger partial charge in [0.05, 0.1) is 11.4 Å². The van der Waals surface area contributed by atoms with Crippen LogP contribution in [0.25, 0.3) is 0 Å². The van der Waals surface area contributed by atoms with E-state index in [0.717, 1.165) is 0 Å². The van der Waals surface area contributed by atoms with Gasteiger partial charge in [0.1, 0.15) is 0 Å². The van der Waals surface area contributed by atoms with E-state index in [1.165, 1.54) is 0 Å². The highest BCUT2D eigenvalue weighted by molar-refractivity contribution is 5.73. The molecule has 0 rings (SSSR count). The van der Waals surface area contributed by atoms with Gasteiger partial charge in [-0.05, 0) is 12.2 Å². The number of rotatable bonds is 6. The number of nitrogens with zero attached hydrogens (tertiary/aromatic N) is 2. The van der Waals surface area contributed by atoms with Crippen molar-refractivity contribution in [3.63, 3.8) is 0 Å². The summed E-state index contributed by atoms with van der Waals surface area (Å²) in [6, 6.07) is 0. The first-order valence-corrected chi connectivity index (χ1v) is 4.09. The topological polar surface area (TPSA) is 24.7 Å². The van der Waals surface area contributed by atoms with Crippen LogP contribution >= 0.6 is 0 Å². The van der Waals surface area contributed by atoms with Crippen molar-refractivity contribution in [1.29, 1.82) is 0 Å². The third-order valence-corrected chi connectivity index (χ3v) is 1.29. The van der Waals surface area contributed by atoms with Crippen molar-refractivity contribution < 1.29 is 0 Å². The summed E-state index contributed by atoms with van der Waals surface area (Å²) in [6.45, 7) is 14.3. The van der Waals surface area contributed by atoms with E-state index < -0.39 is 0 Å². The van der Waals surface area contributed by atoms with Crippen LogP contribution in [0.15, 0.2) is 72.0 Å². The van der Waals surface area contributed by atoms with Crippen molar-refractivity contribution in [2.45, 2.75) is 0 Å². The quantitative estimate of drug-likeness (QED) is 0.450. The van der Waals surface area contributed by atoms with E-state index in [-0.39, 0.29) is 0 Å². The molecule has 0 unspecified atom stereocenters. The van der Waals surface area contributed by atoms with Gasteiger partial charge < -0.3 is 0 Å². The van der Waals surface area contributed by atoms with Gasteiger partial charge in [0.15, 0.2) is 0 Å². The smallest absolute Gasteiger partial charge is 0.0879 e. The first-order valence-electron chi connectivity index (χ1n) is 4.09. The molecule has 0 N–H and O–H groups in total. The SMILES string of the molecule is C=CC=N/C(C=C)=C(\C=C)N=CC=C. The Balaban J connectivity index is 5.09. The Kier molecular flexibility index (Phi) is 6.60. The van der Waals surface area contributed by atoms with E-state index in [1.807, 2.05) is 0 Å². The van der Waals surface area contributed by atoms with Gasteiger partial charge in [-0.2, -0.15) is 0 Å². The molecule has 0 aliphatic rings. The molecule has 0 fully saturated rings. The predicted octanol–water partition coefficient (Wildman–Crippen LogP) is 3.08. The summed E-state index contributed by atoms with van der Waals surface area (Å²) in [5.74, 6) is 0. The Morgan fingerprint density at radius 1 is 0.714 bits per heavy atom. The summed E-state index contributed by atoms with van der Waals surface area (Å²) in [7, 11) is 0. The molecule has 0 amide bonds. The molecule has 0 aliphatic carbocycles. The van der Waals surface area contributed by atoms with Crippen LogP contribution in [0.4, 0.5) is 0 Å². The van der Waals surface area contributed by atoms with Crippen molar-refractivity contribution in [3.8, 4) is 0 Å². The maximum Gasteiger partial charge on any atom is 0.0879 e. The van der Waals surface area contributed by atoms with Gasteiger partial charge in [-0.3, -0.25) is 9.98 Å². The fraction of sp³-hybridized carbons (Fsp3) is 0. The molecule has 0 atom stereocenters. The van der Waals surface area contributed by atoms with Crippen LogP contribution in [0, 0.1) is 0 Å². The minimum absolute atomic E-state index is 0.651. The molecule has 72 valence electrons. The van der Waals surface area contributed by atoms with Crippen LogP contribution in [0.2, 0.25) is 0 Å². The number of allylic oxidation sites excluding steroid dienone is 4. The lowest BCUT2D eigenvalue weighted by Crippen LogP contribution is -1.81. The van der Waals surface area contributed by atoms with Crippen molar-refractivity contribution in [2.24, 2.45) is 9.98 Å². The molecule has 14 heavy (non-hydrogen) atoms. The highest BCUT2D eigenvalue weighted by Crippen LogP contribution is 2.09. The maximum absolute atomic E-state index is 4.08. The average molecular weight is 186 g/mol. The molecule has 0 aromatic heterocycles. The number of aliphatic imine (C=N–C) groups is 2. The molecule has 0 aromatic rings. The van der Waals surface area contributed by atoms with Gasteiger partial charge in [-0.25, -0.2) is 0 Å². The van der Waals surface area contributed by atoms with E-state index >= 15 is 0 Å². The summed E-state index contributed by atoms with van der Waals surface area (Å²) in [5, 5.41) is 0. The zero-order valence-corrected chi connectivity index (χ0v) is 8.19. The summed E-state index contributed by atoms with van der Waals surface area (Å²) >= 11 is 0. The Morgan fingerprint density at radius 2 is 1.07 bits per heavy atom. The van der Waals surface area contributed by atoms with Gasteiger partial charge in [0.25, 0.3) is 0 Å². The van der Waals surface area contributed by atoms with Gasteiger partial charge in [-0.15, -0.1) is 0 Å². The molecule has 0 bridgehead atoms. The highest BCUT2D eigenvalue weighted by Gasteiger charge is 1.93. The molecular formula is C12H14N2. The summed E-state index contributed by atoms with van der Waals surface area (Å²) in [6.07, 6.45) is 9.53. The van der Waals surface area contributed by atoms with Crippen molar-refractivity contribution >= 4 is 12.4 Å². The molecular weight excluding hydrogens is 172 g/mol. The lowest BCUT2D eigenvalue weighted by molar-refractivity contribution is 1.29. The summed E-state index contributed by atoms with van der Waals surface area (Å²) in [5.41, 5.74) is 1.30. The lowest BCUT2D eigenvalue weighted by atomic mass is 10.3. The first-order chi connectivity index (χ1) is 6.79. The lowest BCUT2D eigenvalue weighted by Gasteiger charge is -1.96. The van der Waals surface area contributed by atoms with E-state index in [9.17, 15) is 0 Å². The average Bonchev–Trinajstić information content (AvgIpc) is 2.23. The fourth-order valence-corrected chi connectivity index (χ4v) is 0.713. The van der Waals surface area contributed by atoms with Gasteiger partial charge in [-0.1, -0.05) is 38.5 Å². The van der Waals surface area contributed by atoms with Crippen molar-refractivity contribution in [1.82, 2.24) is 0 Å². The van der Waals surface area contributed by atoms with Crippen LogP contribution in [0.1, 0.15) is 0 Å². The molecule has 0 heterocycles. The largest absolute Gasteiger partial charge is 0.255 e. The second-order valence-corrected chi connectivity index (χ2v) is 2.21. The Morgan fingerprint density at radius 3 is 1.29 bits per heavy atom. The predicted molar refractivity (Wildman–Crippen MR) is 64.8 cm³/mol. The molecule has 0 spiro atoms. The van der Waals surface area contributed by atoms with E-state index in [0.29, 0.717) is 11.4 Å². The zero-order chi connectivity index (χ0) is 10.8. The second-order valence-electron chi connectivity index (χ2n) is 2.21. The van der Waals surface area contributed by atoms with Crippen molar-refractivity contribution in [3.05, 3.63) is 62.0 Å². The Hall–Kier alpha value is -1.96. The Labute approximate surface area is 85.1 Å². The molecule has 0 saturated heterocycles. The zero-order valence-electron chi connectivity index (χ0n) is 8.19. The molecule has 2 nitrogen and oxygen atoms in total. The minimum Gasteiger partial charge on any atom is -0.255 e. The van der Waals surface area contributed by atoms with Crippen LogP contribution < -0.4 is 0 Å².